The Kier molecular flexibility index (Phi) is 3.34. The lowest BCUT2D eigenvalue weighted by Gasteiger charge is -2.30. The van der Waals surface area contributed by atoms with Crippen LogP contribution in [0.2, 0.25) is 0 Å². The number of urea groups is 1. The SMILES string of the molecule is CNC(=O)N1C(=O)CSCC1C(N)=O. The van der Waals surface area contributed by atoms with Gasteiger partial charge in [-0.15, -0.1) is 11.8 Å². The maximum atomic E-state index is 11.3. The van der Waals surface area contributed by atoms with Gasteiger partial charge in [0.15, 0.2) is 0 Å². The number of primary amides is 1. The molecule has 0 aromatic heterocycles. The third kappa shape index (κ3) is 1.98. The number of hydrogen-bond donors (Lipinski definition) is 2. The molecule has 1 unspecified atom stereocenters. The molecule has 1 fully saturated rings. The van der Waals surface area contributed by atoms with Gasteiger partial charge in [-0.3, -0.25) is 14.5 Å². The van der Waals surface area contributed by atoms with Gasteiger partial charge in [0.2, 0.25) is 11.8 Å². The molecular formula is C7H11N3O3S. The molecule has 0 aromatic rings. The van der Waals surface area contributed by atoms with E-state index in [1.54, 1.807) is 0 Å². The number of rotatable bonds is 1. The van der Waals surface area contributed by atoms with Crippen LogP contribution in [0.1, 0.15) is 0 Å². The van der Waals surface area contributed by atoms with E-state index in [-0.39, 0.29) is 11.7 Å². The van der Waals surface area contributed by atoms with Crippen molar-refractivity contribution in [2.75, 3.05) is 18.6 Å². The number of nitrogens with one attached hydrogen (secondary N) is 1. The van der Waals surface area contributed by atoms with Crippen LogP contribution in [0.3, 0.4) is 0 Å². The largest absolute Gasteiger partial charge is 0.368 e. The summed E-state index contributed by atoms with van der Waals surface area (Å²) < 4.78 is 0. The van der Waals surface area contributed by atoms with Gasteiger partial charge in [0.05, 0.1) is 5.75 Å². The Morgan fingerprint density at radius 1 is 1.64 bits per heavy atom. The highest BCUT2D eigenvalue weighted by molar-refractivity contribution is 8.00. The van der Waals surface area contributed by atoms with Crippen LogP contribution in [0.25, 0.3) is 0 Å². The first kappa shape index (κ1) is 10.8. The summed E-state index contributed by atoms with van der Waals surface area (Å²) in [6, 6.07) is -1.42. The number of carbonyl (C=O) groups excluding carboxylic acids is 3. The zero-order valence-corrected chi connectivity index (χ0v) is 8.47. The van der Waals surface area contributed by atoms with Crippen molar-refractivity contribution in [1.82, 2.24) is 10.2 Å². The van der Waals surface area contributed by atoms with Gasteiger partial charge < -0.3 is 11.1 Å². The van der Waals surface area contributed by atoms with E-state index in [4.69, 9.17) is 5.73 Å². The monoisotopic (exact) mass is 217 g/mol. The van der Waals surface area contributed by atoms with Gasteiger partial charge in [-0.1, -0.05) is 0 Å². The Labute approximate surface area is 85.2 Å². The molecule has 3 N–H and O–H groups in total. The molecule has 1 heterocycles. The van der Waals surface area contributed by atoms with Crippen molar-refractivity contribution < 1.29 is 14.4 Å². The lowest BCUT2D eigenvalue weighted by atomic mass is 10.2. The van der Waals surface area contributed by atoms with Crippen LogP contribution in [0.4, 0.5) is 4.79 Å². The number of thioether (sulfide) groups is 1. The Morgan fingerprint density at radius 2 is 2.29 bits per heavy atom. The first-order valence-electron chi connectivity index (χ1n) is 3.98. The number of carbonyl (C=O) groups is 3. The molecule has 0 radical (unpaired) electrons. The smallest absolute Gasteiger partial charge is 0.324 e. The van der Waals surface area contributed by atoms with E-state index in [0.717, 1.165) is 4.90 Å². The highest BCUT2D eigenvalue weighted by Gasteiger charge is 2.36. The average Bonchev–Trinajstić information content (AvgIpc) is 2.16. The van der Waals surface area contributed by atoms with Crippen molar-refractivity contribution in [1.29, 1.82) is 0 Å². The summed E-state index contributed by atoms with van der Waals surface area (Å²) in [5.74, 6) is -0.468. The van der Waals surface area contributed by atoms with Crippen LogP contribution >= 0.6 is 11.8 Å². The molecular weight excluding hydrogens is 206 g/mol. The van der Waals surface area contributed by atoms with Gasteiger partial charge in [-0.2, -0.15) is 0 Å². The molecule has 7 heteroatoms. The van der Waals surface area contributed by atoms with Crippen molar-refractivity contribution in [3.63, 3.8) is 0 Å². The Balaban J connectivity index is 2.86. The topological polar surface area (TPSA) is 92.5 Å². The summed E-state index contributed by atoms with van der Waals surface area (Å²) in [4.78, 5) is 34.5. The van der Waals surface area contributed by atoms with Crippen molar-refractivity contribution >= 4 is 29.6 Å². The van der Waals surface area contributed by atoms with E-state index in [9.17, 15) is 14.4 Å². The zero-order chi connectivity index (χ0) is 10.7. The molecule has 0 saturated carbocycles. The minimum atomic E-state index is -0.832. The molecule has 1 rings (SSSR count). The van der Waals surface area contributed by atoms with Crippen molar-refractivity contribution in [3.8, 4) is 0 Å². The second-order valence-electron chi connectivity index (χ2n) is 2.75. The van der Waals surface area contributed by atoms with Crippen LogP contribution in [0, 0.1) is 0 Å². The average molecular weight is 217 g/mol. The molecule has 0 aromatic carbocycles. The molecule has 0 aliphatic carbocycles. The standard InChI is InChI=1S/C7H11N3O3S/c1-9-7(13)10-4(6(8)12)2-14-3-5(10)11/h4H,2-3H2,1H3,(H2,8,12)(H,9,13). The van der Waals surface area contributed by atoms with Crippen molar-refractivity contribution in [2.24, 2.45) is 5.73 Å². The molecule has 1 aliphatic rings. The van der Waals surface area contributed by atoms with Crippen LogP contribution < -0.4 is 11.1 Å². The number of amides is 4. The minimum absolute atomic E-state index is 0.206. The third-order valence-electron chi connectivity index (χ3n) is 1.84. The maximum absolute atomic E-state index is 11.3. The molecule has 1 atom stereocenters. The molecule has 78 valence electrons. The summed E-state index contributed by atoms with van der Waals surface area (Å²) in [7, 11) is 1.40. The van der Waals surface area contributed by atoms with E-state index in [1.807, 2.05) is 0 Å². The summed E-state index contributed by atoms with van der Waals surface area (Å²) in [5, 5.41) is 2.30. The fourth-order valence-electron chi connectivity index (χ4n) is 1.16. The first-order chi connectivity index (χ1) is 6.57. The molecule has 14 heavy (non-hydrogen) atoms. The molecule has 4 amide bonds. The predicted octanol–water partition coefficient (Wildman–Crippen LogP) is -1.24. The quantitative estimate of drug-likeness (QED) is 0.574. The van der Waals surface area contributed by atoms with Gasteiger partial charge in [0.1, 0.15) is 6.04 Å². The zero-order valence-electron chi connectivity index (χ0n) is 7.65. The second-order valence-corrected chi connectivity index (χ2v) is 3.78. The summed E-state index contributed by atoms with van der Waals surface area (Å²) in [6.07, 6.45) is 0. The molecule has 0 spiro atoms. The van der Waals surface area contributed by atoms with Crippen molar-refractivity contribution in [2.45, 2.75) is 6.04 Å². The minimum Gasteiger partial charge on any atom is -0.368 e. The Bertz CT molecular complexity index is 273. The molecule has 6 nitrogen and oxygen atoms in total. The van der Waals surface area contributed by atoms with Gasteiger partial charge in [-0.05, 0) is 0 Å². The van der Waals surface area contributed by atoms with E-state index in [0.29, 0.717) is 5.75 Å². The van der Waals surface area contributed by atoms with Crippen LogP contribution in [0.5, 0.6) is 0 Å². The normalized spacial score (nSPS) is 21.9. The van der Waals surface area contributed by atoms with E-state index >= 15 is 0 Å². The second kappa shape index (κ2) is 4.32. The fourth-order valence-corrected chi connectivity index (χ4v) is 2.13. The number of imide groups is 1. The Hall–Kier alpha value is -1.24. The van der Waals surface area contributed by atoms with E-state index in [1.165, 1.54) is 18.8 Å². The van der Waals surface area contributed by atoms with E-state index < -0.39 is 18.0 Å². The molecule has 0 bridgehead atoms. The van der Waals surface area contributed by atoms with Crippen LogP contribution in [-0.4, -0.2) is 47.3 Å². The molecule has 1 saturated heterocycles. The van der Waals surface area contributed by atoms with Gasteiger partial charge in [-0.25, -0.2) is 4.79 Å². The highest BCUT2D eigenvalue weighted by atomic mass is 32.2. The number of nitrogens with zero attached hydrogens (tertiary/aromatic N) is 1. The third-order valence-corrected chi connectivity index (χ3v) is 2.85. The van der Waals surface area contributed by atoms with Gasteiger partial charge in [0, 0.05) is 12.8 Å². The molecule has 1 aliphatic heterocycles. The lowest BCUT2D eigenvalue weighted by Crippen LogP contribution is -2.57. The highest BCUT2D eigenvalue weighted by Crippen LogP contribution is 2.17. The summed E-state index contributed by atoms with van der Waals surface area (Å²) in [5.41, 5.74) is 5.09. The predicted molar refractivity (Wildman–Crippen MR) is 51.6 cm³/mol. The summed E-state index contributed by atoms with van der Waals surface area (Å²) >= 11 is 1.30. The van der Waals surface area contributed by atoms with Crippen LogP contribution in [0.15, 0.2) is 0 Å². The fraction of sp³-hybridized carbons (Fsp3) is 0.571. The van der Waals surface area contributed by atoms with Gasteiger partial charge >= 0.3 is 6.03 Å². The first-order valence-corrected chi connectivity index (χ1v) is 5.14. The summed E-state index contributed by atoms with van der Waals surface area (Å²) in [6.45, 7) is 0. The maximum Gasteiger partial charge on any atom is 0.324 e. The number of hydrogen-bond acceptors (Lipinski definition) is 4. The number of nitrogens with two attached hydrogens (primary N) is 1. The Morgan fingerprint density at radius 3 is 2.79 bits per heavy atom. The van der Waals surface area contributed by atoms with Gasteiger partial charge in [0.25, 0.3) is 0 Å². The van der Waals surface area contributed by atoms with Crippen molar-refractivity contribution in [3.05, 3.63) is 0 Å². The van der Waals surface area contributed by atoms with Crippen LogP contribution in [-0.2, 0) is 9.59 Å². The lowest BCUT2D eigenvalue weighted by molar-refractivity contribution is -0.133. The van der Waals surface area contributed by atoms with E-state index in [2.05, 4.69) is 5.32 Å².